The van der Waals surface area contributed by atoms with Gasteiger partial charge in [0.05, 0.1) is 18.1 Å². The third-order valence-electron chi connectivity index (χ3n) is 3.60. The van der Waals surface area contributed by atoms with E-state index >= 15 is 0 Å². The molecule has 0 bridgehead atoms. The van der Waals surface area contributed by atoms with Crippen LogP contribution in [0.25, 0.3) is 0 Å². The number of aliphatic hydroxyl groups excluding tert-OH is 1. The number of methoxy groups -OCH3 is 1. The van der Waals surface area contributed by atoms with Crippen LogP contribution in [-0.2, 0) is 9.53 Å². The molecular weight excluding hydrogens is 220 g/mol. The standard InChI is InChI=1S/C12H24N2O3/c1-14(7-10(15)8-17-2)11(16)12(9-13)5-3-4-6-12/h10,15H,3-9,13H2,1-2H3. The van der Waals surface area contributed by atoms with E-state index in [2.05, 4.69) is 0 Å². The van der Waals surface area contributed by atoms with Crippen LogP contribution in [0, 0.1) is 5.41 Å². The number of hydrogen-bond acceptors (Lipinski definition) is 4. The van der Waals surface area contributed by atoms with Crippen LogP contribution >= 0.6 is 0 Å². The van der Waals surface area contributed by atoms with Crippen LogP contribution in [0.3, 0.4) is 0 Å². The Bertz CT molecular complexity index is 252. The van der Waals surface area contributed by atoms with Crippen molar-refractivity contribution >= 4 is 5.91 Å². The largest absolute Gasteiger partial charge is 0.389 e. The highest BCUT2D eigenvalue weighted by molar-refractivity contribution is 5.83. The molecule has 1 fully saturated rings. The number of rotatable bonds is 6. The number of aliphatic hydroxyl groups is 1. The second-order valence-electron chi connectivity index (χ2n) is 4.99. The SMILES string of the molecule is COCC(O)CN(C)C(=O)C1(CN)CCCC1. The molecule has 1 amide bonds. The summed E-state index contributed by atoms with van der Waals surface area (Å²) in [7, 11) is 3.25. The quantitative estimate of drug-likeness (QED) is 0.688. The minimum Gasteiger partial charge on any atom is -0.389 e. The Balaban J connectivity index is 2.55. The molecule has 5 nitrogen and oxygen atoms in total. The van der Waals surface area contributed by atoms with Gasteiger partial charge in [-0.25, -0.2) is 0 Å². The third-order valence-corrected chi connectivity index (χ3v) is 3.60. The summed E-state index contributed by atoms with van der Waals surface area (Å²) in [5, 5.41) is 9.62. The van der Waals surface area contributed by atoms with Crippen LogP contribution in [0.5, 0.6) is 0 Å². The van der Waals surface area contributed by atoms with Gasteiger partial charge in [0.25, 0.3) is 0 Å². The number of carbonyl (C=O) groups is 1. The maximum absolute atomic E-state index is 12.3. The molecule has 0 aromatic rings. The van der Waals surface area contributed by atoms with Crippen molar-refractivity contribution in [1.29, 1.82) is 0 Å². The van der Waals surface area contributed by atoms with Gasteiger partial charge in [0.1, 0.15) is 0 Å². The fourth-order valence-corrected chi connectivity index (χ4v) is 2.61. The summed E-state index contributed by atoms with van der Waals surface area (Å²) < 4.78 is 4.85. The van der Waals surface area contributed by atoms with Gasteiger partial charge in [0.2, 0.25) is 5.91 Å². The number of amides is 1. The van der Waals surface area contributed by atoms with Crippen LogP contribution in [0.15, 0.2) is 0 Å². The first-order valence-electron chi connectivity index (χ1n) is 6.18. The molecule has 0 heterocycles. The highest BCUT2D eigenvalue weighted by Crippen LogP contribution is 2.38. The van der Waals surface area contributed by atoms with Gasteiger partial charge in [-0.1, -0.05) is 12.8 Å². The van der Waals surface area contributed by atoms with Crippen molar-refractivity contribution in [2.45, 2.75) is 31.8 Å². The van der Waals surface area contributed by atoms with E-state index in [0.717, 1.165) is 25.7 Å². The first-order chi connectivity index (χ1) is 8.05. The Hall–Kier alpha value is -0.650. The Morgan fingerprint density at radius 3 is 2.59 bits per heavy atom. The van der Waals surface area contributed by atoms with Gasteiger partial charge in [0.15, 0.2) is 0 Å². The maximum Gasteiger partial charge on any atom is 0.229 e. The van der Waals surface area contributed by atoms with Gasteiger partial charge in [-0.15, -0.1) is 0 Å². The normalized spacial score (nSPS) is 20.2. The van der Waals surface area contributed by atoms with Gasteiger partial charge in [-0.3, -0.25) is 4.79 Å². The molecule has 1 rings (SSSR count). The fourth-order valence-electron chi connectivity index (χ4n) is 2.61. The molecule has 0 radical (unpaired) electrons. The Morgan fingerprint density at radius 1 is 1.53 bits per heavy atom. The van der Waals surface area contributed by atoms with Gasteiger partial charge in [-0.2, -0.15) is 0 Å². The van der Waals surface area contributed by atoms with Gasteiger partial charge >= 0.3 is 0 Å². The highest BCUT2D eigenvalue weighted by Gasteiger charge is 2.41. The lowest BCUT2D eigenvalue weighted by atomic mass is 9.84. The first kappa shape index (κ1) is 14.4. The van der Waals surface area contributed by atoms with E-state index in [1.54, 1.807) is 11.9 Å². The van der Waals surface area contributed by atoms with Crippen molar-refractivity contribution in [3.05, 3.63) is 0 Å². The molecule has 3 N–H and O–H groups in total. The number of nitrogens with two attached hydrogens (primary N) is 1. The molecule has 0 spiro atoms. The summed E-state index contributed by atoms with van der Waals surface area (Å²) in [6, 6.07) is 0. The lowest BCUT2D eigenvalue weighted by Crippen LogP contribution is -2.47. The van der Waals surface area contributed by atoms with E-state index in [1.807, 2.05) is 0 Å². The number of hydrogen-bond donors (Lipinski definition) is 2. The zero-order chi connectivity index (χ0) is 12.9. The molecule has 5 heteroatoms. The zero-order valence-corrected chi connectivity index (χ0v) is 10.8. The van der Waals surface area contributed by atoms with Crippen LogP contribution < -0.4 is 5.73 Å². The molecule has 1 saturated carbocycles. The number of likely N-dealkylation sites (N-methyl/N-ethyl adjacent to an activating group) is 1. The van der Waals surface area contributed by atoms with Crippen LogP contribution in [-0.4, -0.2) is 55.9 Å². The first-order valence-corrected chi connectivity index (χ1v) is 6.18. The van der Waals surface area contributed by atoms with Gasteiger partial charge in [0, 0.05) is 27.2 Å². The molecule has 17 heavy (non-hydrogen) atoms. The molecule has 0 aromatic carbocycles. The molecule has 1 atom stereocenters. The Labute approximate surface area is 103 Å². The van der Waals surface area contributed by atoms with Crippen LogP contribution in [0.2, 0.25) is 0 Å². The highest BCUT2D eigenvalue weighted by atomic mass is 16.5. The molecular formula is C12H24N2O3. The van der Waals surface area contributed by atoms with Crippen LogP contribution in [0.4, 0.5) is 0 Å². The number of ether oxygens (including phenoxy) is 1. The summed E-state index contributed by atoms with van der Waals surface area (Å²) in [5.41, 5.74) is 5.37. The number of nitrogens with zero attached hydrogens (tertiary/aromatic N) is 1. The van der Waals surface area contributed by atoms with Crippen LogP contribution in [0.1, 0.15) is 25.7 Å². The third kappa shape index (κ3) is 3.40. The molecule has 1 aliphatic carbocycles. The average molecular weight is 244 g/mol. The van der Waals surface area contributed by atoms with E-state index in [0.29, 0.717) is 13.1 Å². The molecule has 100 valence electrons. The smallest absolute Gasteiger partial charge is 0.229 e. The average Bonchev–Trinajstić information content (AvgIpc) is 2.78. The second-order valence-corrected chi connectivity index (χ2v) is 4.99. The van der Waals surface area contributed by atoms with E-state index in [-0.39, 0.29) is 17.9 Å². The van der Waals surface area contributed by atoms with Gasteiger partial charge < -0.3 is 20.5 Å². The molecule has 0 aromatic heterocycles. The Morgan fingerprint density at radius 2 is 2.12 bits per heavy atom. The maximum atomic E-state index is 12.3. The van der Waals surface area contributed by atoms with Gasteiger partial charge in [-0.05, 0) is 12.8 Å². The van der Waals surface area contributed by atoms with E-state index < -0.39 is 6.10 Å². The van der Waals surface area contributed by atoms with Crippen molar-refractivity contribution < 1.29 is 14.6 Å². The summed E-state index contributed by atoms with van der Waals surface area (Å²) in [5.74, 6) is 0.0626. The lowest BCUT2D eigenvalue weighted by Gasteiger charge is -2.32. The predicted octanol–water partition coefficient (Wildman–Crippen LogP) is -0.0288. The van der Waals surface area contributed by atoms with Crippen molar-refractivity contribution in [3.8, 4) is 0 Å². The predicted molar refractivity (Wildman–Crippen MR) is 65.5 cm³/mol. The monoisotopic (exact) mass is 244 g/mol. The lowest BCUT2D eigenvalue weighted by molar-refractivity contribution is -0.141. The minimum atomic E-state index is -0.634. The number of carbonyl (C=O) groups excluding carboxylic acids is 1. The second kappa shape index (κ2) is 6.33. The summed E-state index contributed by atoms with van der Waals surface area (Å²) in [4.78, 5) is 13.9. The Kier molecular flexibility index (Phi) is 5.36. The fraction of sp³-hybridized carbons (Fsp3) is 0.917. The van der Waals surface area contributed by atoms with E-state index in [9.17, 15) is 9.90 Å². The molecule has 1 unspecified atom stereocenters. The van der Waals surface area contributed by atoms with E-state index in [4.69, 9.17) is 10.5 Å². The van der Waals surface area contributed by atoms with E-state index in [1.165, 1.54) is 7.11 Å². The van der Waals surface area contributed by atoms with Crippen molar-refractivity contribution in [3.63, 3.8) is 0 Å². The summed E-state index contributed by atoms with van der Waals surface area (Å²) in [6.07, 6.45) is 3.24. The van der Waals surface area contributed by atoms with Crippen molar-refractivity contribution in [2.24, 2.45) is 11.1 Å². The summed E-state index contributed by atoms with van der Waals surface area (Å²) in [6.45, 7) is 0.943. The summed E-state index contributed by atoms with van der Waals surface area (Å²) >= 11 is 0. The van der Waals surface area contributed by atoms with Crippen molar-refractivity contribution in [1.82, 2.24) is 4.90 Å². The molecule has 0 aliphatic heterocycles. The van der Waals surface area contributed by atoms with Crippen molar-refractivity contribution in [2.75, 3.05) is 33.9 Å². The topological polar surface area (TPSA) is 75.8 Å². The zero-order valence-electron chi connectivity index (χ0n) is 10.8. The minimum absolute atomic E-state index is 0.0626. The molecule has 0 saturated heterocycles. The molecule has 1 aliphatic rings.